The van der Waals surface area contributed by atoms with E-state index in [-0.39, 0.29) is 10.8 Å². The minimum absolute atomic E-state index is 0.284. The monoisotopic (exact) mass is 1200 g/mol. The number of anilines is 3. The van der Waals surface area contributed by atoms with E-state index in [2.05, 4.69) is 362 Å². The van der Waals surface area contributed by atoms with E-state index < -0.39 is 0 Å². The molecule has 3 aromatic heterocycles. The van der Waals surface area contributed by atoms with E-state index in [1.54, 1.807) is 0 Å². The molecule has 444 valence electrons. The van der Waals surface area contributed by atoms with Crippen LogP contribution >= 0.6 is 0 Å². The van der Waals surface area contributed by atoms with Gasteiger partial charge in [-0.2, -0.15) is 0 Å². The van der Waals surface area contributed by atoms with Crippen LogP contribution in [0.4, 0.5) is 17.1 Å². The summed E-state index contributed by atoms with van der Waals surface area (Å²) < 4.78 is 7.24. The fourth-order valence-electron chi connectivity index (χ4n) is 16.4. The van der Waals surface area contributed by atoms with E-state index >= 15 is 0 Å². The van der Waals surface area contributed by atoms with Crippen LogP contribution in [0, 0.1) is 0 Å². The Morgan fingerprint density at radius 2 is 0.543 bits per heavy atom. The maximum absolute atomic E-state index is 2.49. The van der Waals surface area contributed by atoms with Crippen LogP contribution in [-0.2, 0) is 10.8 Å². The van der Waals surface area contributed by atoms with Crippen molar-refractivity contribution >= 4 is 82.5 Å². The van der Waals surface area contributed by atoms with Gasteiger partial charge in [-0.1, -0.05) is 222 Å². The van der Waals surface area contributed by atoms with Crippen LogP contribution < -0.4 is 4.90 Å². The summed E-state index contributed by atoms with van der Waals surface area (Å²) in [5.41, 5.74) is 31.3. The highest BCUT2D eigenvalue weighted by atomic mass is 15.1. The average molecular weight is 1200 g/mol. The maximum Gasteiger partial charge on any atom is 0.0547 e. The number of hydrogen-bond acceptors (Lipinski definition) is 1. The zero-order chi connectivity index (χ0) is 62.6. The van der Waals surface area contributed by atoms with Crippen molar-refractivity contribution in [1.29, 1.82) is 0 Å². The summed E-state index contributed by atoms with van der Waals surface area (Å²) in [5, 5.41) is 7.57. The molecule has 0 saturated carbocycles. The molecule has 2 aliphatic rings. The molecule has 19 rings (SSSR count). The van der Waals surface area contributed by atoms with Crippen molar-refractivity contribution in [1.82, 2.24) is 13.7 Å². The number of fused-ring (bicyclic) bond motifs is 15. The first-order valence-electron chi connectivity index (χ1n) is 32.9. The third-order valence-electron chi connectivity index (χ3n) is 21.0. The van der Waals surface area contributed by atoms with Crippen molar-refractivity contribution < 1.29 is 0 Å². The van der Waals surface area contributed by atoms with E-state index in [4.69, 9.17) is 0 Å². The van der Waals surface area contributed by atoms with Crippen molar-refractivity contribution in [2.24, 2.45) is 0 Å². The third-order valence-corrected chi connectivity index (χ3v) is 21.0. The minimum Gasteiger partial charge on any atom is -0.310 e. The van der Waals surface area contributed by atoms with Gasteiger partial charge in [0.15, 0.2) is 0 Å². The highest BCUT2D eigenvalue weighted by Crippen LogP contribution is 2.55. The predicted molar refractivity (Wildman–Crippen MR) is 396 cm³/mol. The highest BCUT2D eigenvalue weighted by molar-refractivity contribution is 6.12. The van der Waals surface area contributed by atoms with E-state index in [1.165, 1.54) is 155 Å². The lowest BCUT2D eigenvalue weighted by molar-refractivity contribution is 0.659. The molecule has 94 heavy (non-hydrogen) atoms. The highest BCUT2D eigenvalue weighted by Gasteiger charge is 2.39. The van der Waals surface area contributed by atoms with Crippen LogP contribution in [0.15, 0.2) is 315 Å². The van der Waals surface area contributed by atoms with Crippen molar-refractivity contribution in [3.63, 3.8) is 0 Å². The first-order chi connectivity index (χ1) is 46.1. The molecule has 0 fully saturated rings. The number of nitrogens with zero attached hydrogens (tertiary/aromatic N) is 4. The number of para-hydroxylation sites is 6. The van der Waals surface area contributed by atoms with Gasteiger partial charge < -0.3 is 18.6 Å². The van der Waals surface area contributed by atoms with Crippen LogP contribution in [0.1, 0.15) is 49.9 Å². The van der Waals surface area contributed by atoms with Crippen molar-refractivity contribution in [3.05, 3.63) is 338 Å². The van der Waals surface area contributed by atoms with Gasteiger partial charge in [0, 0.05) is 77.3 Å². The smallest absolute Gasteiger partial charge is 0.0547 e. The Balaban J connectivity index is 0.694. The minimum atomic E-state index is -0.286. The largest absolute Gasteiger partial charge is 0.310 e. The lowest BCUT2D eigenvalue weighted by Gasteiger charge is -2.30. The fourth-order valence-corrected chi connectivity index (χ4v) is 16.4. The summed E-state index contributed by atoms with van der Waals surface area (Å²) in [5.74, 6) is 0. The quantitative estimate of drug-likeness (QED) is 0.141. The molecule has 4 nitrogen and oxygen atoms in total. The molecule has 0 aliphatic heterocycles. The van der Waals surface area contributed by atoms with Crippen LogP contribution in [0.2, 0.25) is 0 Å². The molecule has 0 amide bonds. The lowest BCUT2D eigenvalue weighted by atomic mass is 9.81. The predicted octanol–water partition coefficient (Wildman–Crippen LogP) is 24.1. The van der Waals surface area contributed by atoms with Gasteiger partial charge in [-0.3, -0.25) is 0 Å². The van der Waals surface area contributed by atoms with E-state index in [9.17, 15) is 0 Å². The Labute approximate surface area is 546 Å². The van der Waals surface area contributed by atoms with Crippen molar-refractivity contribution in [2.75, 3.05) is 4.90 Å². The number of rotatable bonds is 9. The zero-order valence-electron chi connectivity index (χ0n) is 52.8. The normalized spacial score (nSPS) is 13.5. The molecule has 0 saturated heterocycles. The van der Waals surface area contributed by atoms with Crippen LogP contribution in [-0.4, -0.2) is 13.7 Å². The Morgan fingerprint density at radius 3 is 1.07 bits per heavy atom. The summed E-state index contributed by atoms with van der Waals surface area (Å²) in [4.78, 5) is 2.49. The molecule has 0 atom stereocenters. The van der Waals surface area contributed by atoms with Crippen LogP contribution in [0.5, 0.6) is 0 Å². The number of aromatic nitrogens is 3. The number of hydrogen-bond donors (Lipinski definition) is 0. The van der Waals surface area contributed by atoms with Gasteiger partial charge in [0.2, 0.25) is 0 Å². The fraction of sp³-hybridized carbons (Fsp3) is 0.0667. The summed E-state index contributed by atoms with van der Waals surface area (Å²) in [6.45, 7) is 9.65. The van der Waals surface area contributed by atoms with Gasteiger partial charge in [0.1, 0.15) is 0 Å². The van der Waals surface area contributed by atoms with E-state index in [1.807, 2.05) is 0 Å². The zero-order valence-corrected chi connectivity index (χ0v) is 52.8. The van der Waals surface area contributed by atoms with Crippen molar-refractivity contribution in [3.8, 4) is 72.7 Å². The Morgan fingerprint density at radius 1 is 0.213 bits per heavy atom. The molecule has 2 aliphatic carbocycles. The molecule has 0 spiro atoms. The molecular formula is C90H64N4. The molecular weight excluding hydrogens is 1140 g/mol. The van der Waals surface area contributed by atoms with Gasteiger partial charge in [-0.15, -0.1) is 0 Å². The summed E-state index contributed by atoms with van der Waals surface area (Å²) in [7, 11) is 0. The summed E-state index contributed by atoms with van der Waals surface area (Å²) in [6, 6.07) is 118. The average Bonchev–Trinajstić information content (AvgIpc) is 1.60. The van der Waals surface area contributed by atoms with Gasteiger partial charge >= 0.3 is 0 Å². The van der Waals surface area contributed by atoms with Gasteiger partial charge in [-0.25, -0.2) is 0 Å². The topological polar surface area (TPSA) is 18.0 Å². The Hall–Kier alpha value is -11.7. The van der Waals surface area contributed by atoms with Gasteiger partial charge in [-0.05, 0) is 199 Å². The molecule has 4 heteroatoms. The SMILES string of the molecule is CC1(C)c2cc(-c3ccc4c(c3)c3ccccc3n4-c3ccccc3)ccc2-c2ccc(N(c3ccc(-c4ccc(-c5ccc6c7ccccc7n(-c7ccccc7)c6c5)cc4)cc3)c3ccc4c(c3)C(C)(C)c3cc(-n5c6ccccc6c6ccccc65)ccc3-4)cc21. The standard InChI is InChI=1S/C90H64N4/c1-89(2)79-52-61(60-39-50-87-78(51-60)76-26-14-18-30-86(76)92(87)63-19-7-5-8-20-63)37-45-69(79)70-47-42-66(54-80(70)89)91(67-43-48-71-72-49-44-68(56-82(72)90(3,4)81(71)55-67)94-84-28-16-11-23-73(84)74-24-12-17-29-85(74)94)65-40-35-58(36-41-65)57-31-33-59(34-32-57)62-38-46-77-75-25-13-15-27-83(75)93(88(77)53-62)64-21-9-6-10-22-64/h5-56H,1-4H3. The van der Waals surface area contributed by atoms with Crippen LogP contribution in [0.25, 0.3) is 138 Å². The second-order valence-corrected chi connectivity index (χ2v) is 26.9. The number of benzene rings is 14. The Bertz CT molecular complexity index is 5900. The molecule has 0 unspecified atom stereocenters. The molecule has 3 heterocycles. The summed E-state index contributed by atoms with van der Waals surface area (Å²) >= 11 is 0. The first-order valence-corrected chi connectivity index (χ1v) is 32.9. The summed E-state index contributed by atoms with van der Waals surface area (Å²) in [6.07, 6.45) is 0. The molecule has 0 radical (unpaired) electrons. The van der Waals surface area contributed by atoms with E-state index in [0.717, 1.165) is 22.7 Å². The van der Waals surface area contributed by atoms with E-state index in [0.29, 0.717) is 0 Å². The van der Waals surface area contributed by atoms with Crippen molar-refractivity contribution in [2.45, 2.75) is 38.5 Å². The lowest BCUT2D eigenvalue weighted by Crippen LogP contribution is -2.18. The van der Waals surface area contributed by atoms with Gasteiger partial charge in [0.25, 0.3) is 0 Å². The third kappa shape index (κ3) is 8.06. The van der Waals surface area contributed by atoms with Crippen LogP contribution in [0.3, 0.4) is 0 Å². The Kier molecular flexibility index (Phi) is 11.7. The molecule has 0 N–H and O–H groups in total. The van der Waals surface area contributed by atoms with Gasteiger partial charge in [0.05, 0.1) is 33.1 Å². The molecule has 14 aromatic carbocycles. The molecule has 0 bridgehead atoms. The second-order valence-electron chi connectivity index (χ2n) is 26.9. The maximum atomic E-state index is 2.49. The first kappa shape index (κ1) is 54.1. The molecule has 17 aromatic rings. The second kappa shape index (κ2) is 20.4.